The highest BCUT2D eigenvalue weighted by molar-refractivity contribution is 7.18. The topological polar surface area (TPSA) is 0 Å². The van der Waals surface area contributed by atoms with Crippen LogP contribution in [-0.4, -0.2) is 0 Å². The molecule has 0 unspecified atom stereocenters. The van der Waals surface area contributed by atoms with Crippen LogP contribution in [0, 0.1) is 0 Å². The highest BCUT2D eigenvalue weighted by Crippen LogP contribution is 2.47. The third kappa shape index (κ3) is 4.08. The fourth-order valence-corrected chi connectivity index (χ4v) is 9.66. The standard InChI is InChI=1S/C30H18S6/c1-4-25(31-10-1)22-7-13-34-28(22)19-16-20(29-23(8-14-35-29)26-5-2-11-32-26)18-21(17-19)30-24(9-15-36-30)27-6-3-12-33-27/h1-18H. The molecule has 6 heterocycles. The van der Waals surface area contributed by atoms with Gasteiger partial charge in [-0.05, 0) is 104 Å². The molecular formula is C30H18S6. The van der Waals surface area contributed by atoms with Crippen molar-refractivity contribution < 1.29 is 0 Å². The molecule has 0 amide bonds. The molecule has 0 fully saturated rings. The van der Waals surface area contributed by atoms with Crippen LogP contribution in [0.15, 0.2) is 105 Å². The van der Waals surface area contributed by atoms with Gasteiger partial charge in [0, 0.05) is 46.0 Å². The first-order valence-electron chi connectivity index (χ1n) is 11.4. The summed E-state index contributed by atoms with van der Waals surface area (Å²) < 4.78 is 0. The number of rotatable bonds is 6. The lowest BCUT2D eigenvalue weighted by Gasteiger charge is -2.12. The molecule has 0 N–H and O–H groups in total. The quantitative estimate of drug-likeness (QED) is 0.186. The summed E-state index contributed by atoms with van der Waals surface area (Å²) in [6.07, 6.45) is 0. The minimum atomic E-state index is 1.29. The second-order valence-corrected chi connectivity index (χ2v) is 13.8. The normalized spacial score (nSPS) is 11.3. The number of thiophene rings is 6. The molecule has 0 bridgehead atoms. The van der Waals surface area contributed by atoms with E-state index in [0.717, 1.165) is 0 Å². The molecule has 1 aromatic carbocycles. The van der Waals surface area contributed by atoms with E-state index in [9.17, 15) is 0 Å². The van der Waals surface area contributed by atoms with Gasteiger partial charge in [0.25, 0.3) is 0 Å². The van der Waals surface area contributed by atoms with Crippen molar-refractivity contribution >= 4 is 68.0 Å². The molecule has 7 rings (SSSR count). The van der Waals surface area contributed by atoms with Crippen LogP contribution in [0.3, 0.4) is 0 Å². The molecule has 0 aliphatic carbocycles. The van der Waals surface area contributed by atoms with Gasteiger partial charge in [-0.25, -0.2) is 0 Å². The van der Waals surface area contributed by atoms with E-state index in [1.165, 1.54) is 62.6 Å². The Bertz CT molecular complexity index is 1500. The maximum absolute atomic E-state index is 2.40. The van der Waals surface area contributed by atoms with Gasteiger partial charge in [0.1, 0.15) is 0 Å². The van der Waals surface area contributed by atoms with E-state index in [1.807, 2.05) is 68.0 Å². The van der Waals surface area contributed by atoms with Crippen LogP contribution in [0.1, 0.15) is 0 Å². The van der Waals surface area contributed by atoms with Gasteiger partial charge in [0.15, 0.2) is 0 Å². The van der Waals surface area contributed by atoms with Gasteiger partial charge >= 0.3 is 0 Å². The van der Waals surface area contributed by atoms with Crippen molar-refractivity contribution in [2.75, 3.05) is 0 Å². The summed E-state index contributed by atoms with van der Waals surface area (Å²) in [5, 5.41) is 13.2. The summed E-state index contributed by atoms with van der Waals surface area (Å²) in [6.45, 7) is 0. The Morgan fingerprint density at radius 1 is 0.333 bits per heavy atom. The van der Waals surface area contributed by atoms with Gasteiger partial charge < -0.3 is 0 Å². The SMILES string of the molecule is c1csc(-c2ccsc2-c2cc(-c3sccc3-c3cccs3)cc(-c3sccc3-c3cccs3)c2)c1. The van der Waals surface area contributed by atoms with E-state index in [4.69, 9.17) is 0 Å². The number of hydrogen-bond acceptors (Lipinski definition) is 6. The molecule has 0 radical (unpaired) electrons. The average molecular weight is 571 g/mol. The van der Waals surface area contributed by atoms with Crippen LogP contribution >= 0.6 is 68.0 Å². The largest absolute Gasteiger partial charge is 0.144 e. The van der Waals surface area contributed by atoms with Gasteiger partial charge in [0.2, 0.25) is 0 Å². The second kappa shape index (κ2) is 9.71. The molecule has 0 nitrogen and oxygen atoms in total. The first-order chi connectivity index (χ1) is 17.8. The highest BCUT2D eigenvalue weighted by atomic mass is 32.1. The lowest BCUT2D eigenvalue weighted by Crippen LogP contribution is -1.85. The molecule has 0 aliphatic rings. The summed E-state index contributed by atoms with van der Waals surface area (Å²) >= 11 is 10.9. The summed E-state index contributed by atoms with van der Waals surface area (Å²) in [4.78, 5) is 7.98. The Morgan fingerprint density at radius 3 is 0.944 bits per heavy atom. The van der Waals surface area contributed by atoms with Crippen molar-refractivity contribution in [2.24, 2.45) is 0 Å². The average Bonchev–Trinajstić information content (AvgIpc) is 3.76. The van der Waals surface area contributed by atoms with Gasteiger partial charge in [-0.15, -0.1) is 68.0 Å². The Labute approximate surface area is 234 Å². The van der Waals surface area contributed by atoms with E-state index >= 15 is 0 Å². The Morgan fingerprint density at radius 2 is 0.667 bits per heavy atom. The number of hydrogen-bond donors (Lipinski definition) is 0. The van der Waals surface area contributed by atoms with Crippen molar-refractivity contribution in [3.05, 3.63) is 105 Å². The Balaban J connectivity index is 1.45. The van der Waals surface area contributed by atoms with Crippen molar-refractivity contribution in [1.29, 1.82) is 0 Å². The van der Waals surface area contributed by atoms with Crippen molar-refractivity contribution in [3.63, 3.8) is 0 Å². The molecule has 6 heteroatoms. The monoisotopic (exact) mass is 570 g/mol. The van der Waals surface area contributed by atoms with Gasteiger partial charge in [0.05, 0.1) is 0 Å². The maximum atomic E-state index is 2.40. The lowest BCUT2D eigenvalue weighted by molar-refractivity contribution is 1.67. The molecule has 174 valence electrons. The van der Waals surface area contributed by atoms with Crippen LogP contribution in [0.25, 0.3) is 62.6 Å². The van der Waals surface area contributed by atoms with Crippen LogP contribution in [0.4, 0.5) is 0 Å². The summed E-state index contributed by atoms with van der Waals surface area (Å²) in [5.41, 5.74) is 7.85. The zero-order valence-electron chi connectivity index (χ0n) is 18.8. The third-order valence-corrected chi connectivity index (χ3v) is 11.7. The summed E-state index contributed by atoms with van der Waals surface area (Å²) in [5.74, 6) is 0. The van der Waals surface area contributed by atoms with E-state index in [2.05, 4.69) is 105 Å². The predicted octanol–water partition coefficient (Wildman–Crippen LogP) is 12.1. The zero-order chi connectivity index (χ0) is 23.9. The maximum Gasteiger partial charge on any atom is 0.0429 e. The zero-order valence-corrected chi connectivity index (χ0v) is 23.7. The molecule has 0 aliphatic heterocycles. The smallest absolute Gasteiger partial charge is 0.0429 e. The molecule has 7 aromatic rings. The third-order valence-electron chi connectivity index (χ3n) is 6.08. The Kier molecular flexibility index (Phi) is 6.10. The molecule has 0 spiro atoms. The summed E-state index contributed by atoms with van der Waals surface area (Å²) in [6, 6.07) is 27.1. The Hall–Kier alpha value is -2.58. The molecule has 6 aromatic heterocycles. The predicted molar refractivity (Wildman–Crippen MR) is 166 cm³/mol. The molecular weight excluding hydrogens is 553 g/mol. The first kappa shape index (κ1) is 22.6. The lowest BCUT2D eigenvalue weighted by atomic mass is 9.97. The fraction of sp³-hybridized carbons (Fsp3) is 0. The minimum absolute atomic E-state index is 1.29. The number of benzene rings is 1. The van der Waals surface area contributed by atoms with E-state index < -0.39 is 0 Å². The molecule has 36 heavy (non-hydrogen) atoms. The fourth-order valence-electron chi connectivity index (χ4n) is 4.50. The van der Waals surface area contributed by atoms with Crippen molar-refractivity contribution in [2.45, 2.75) is 0 Å². The van der Waals surface area contributed by atoms with E-state index in [0.29, 0.717) is 0 Å². The van der Waals surface area contributed by atoms with Gasteiger partial charge in [-0.3, -0.25) is 0 Å². The van der Waals surface area contributed by atoms with Crippen LogP contribution in [0.2, 0.25) is 0 Å². The van der Waals surface area contributed by atoms with Gasteiger partial charge in [-0.1, -0.05) is 18.2 Å². The van der Waals surface area contributed by atoms with E-state index in [1.54, 1.807) is 0 Å². The van der Waals surface area contributed by atoms with Crippen molar-refractivity contribution in [1.82, 2.24) is 0 Å². The van der Waals surface area contributed by atoms with E-state index in [-0.39, 0.29) is 0 Å². The molecule has 0 atom stereocenters. The van der Waals surface area contributed by atoms with Gasteiger partial charge in [-0.2, -0.15) is 0 Å². The second-order valence-electron chi connectivity index (χ2n) is 8.22. The molecule has 0 saturated heterocycles. The minimum Gasteiger partial charge on any atom is -0.144 e. The first-order valence-corrected chi connectivity index (χ1v) is 16.6. The summed E-state index contributed by atoms with van der Waals surface area (Å²) in [7, 11) is 0. The molecule has 0 saturated carbocycles. The van der Waals surface area contributed by atoms with Crippen LogP contribution in [0.5, 0.6) is 0 Å². The van der Waals surface area contributed by atoms with Crippen LogP contribution in [-0.2, 0) is 0 Å². The van der Waals surface area contributed by atoms with Crippen LogP contribution < -0.4 is 0 Å². The van der Waals surface area contributed by atoms with Crippen molar-refractivity contribution in [3.8, 4) is 62.6 Å². The highest BCUT2D eigenvalue weighted by Gasteiger charge is 2.18.